The number of carbonyl (C=O) groups excluding carboxylic acids is 2. The monoisotopic (exact) mass is 384 g/mol. The zero-order chi connectivity index (χ0) is 20.3. The second-order valence-corrected chi connectivity index (χ2v) is 6.64. The van der Waals surface area contributed by atoms with E-state index in [1.165, 1.54) is 7.11 Å². The molecule has 1 atom stereocenters. The molecule has 1 heterocycles. The van der Waals surface area contributed by atoms with Crippen LogP contribution in [0.2, 0.25) is 0 Å². The number of benzene rings is 2. The number of esters is 1. The van der Waals surface area contributed by atoms with E-state index in [4.69, 9.17) is 14.2 Å². The van der Waals surface area contributed by atoms with Gasteiger partial charge in [-0.1, -0.05) is 12.1 Å². The molecule has 0 bridgehead atoms. The van der Waals surface area contributed by atoms with E-state index in [1.54, 1.807) is 30.1 Å². The number of nitrogens with one attached hydrogen (secondary N) is 1. The van der Waals surface area contributed by atoms with Gasteiger partial charge in [0.05, 0.1) is 18.7 Å². The summed E-state index contributed by atoms with van der Waals surface area (Å²) in [5, 5.41) is 2.87. The molecule has 7 heteroatoms. The molecule has 7 nitrogen and oxygen atoms in total. The van der Waals surface area contributed by atoms with Crippen molar-refractivity contribution >= 4 is 17.7 Å². The Bertz CT molecular complexity index is 896. The maximum Gasteiger partial charge on any atom is 0.337 e. The summed E-state index contributed by atoms with van der Waals surface area (Å²) < 4.78 is 15.9. The van der Waals surface area contributed by atoms with E-state index in [2.05, 4.69) is 5.32 Å². The largest absolute Gasteiger partial charge is 0.486 e. The SMILES string of the molecule is COC(=O)c1ccc(C)c(NC(=O)N(C)C(C)c2ccc3c(c2)OCCO3)c1. The lowest BCUT2D eigenvalue weighted by Gasteiger charge is -2.27. The van der Waals surface area contributed by atoms with E-state index in [0.717, 1.165) is 11.1 Å². The minimum atomic E-state index is -0.450. The predicted octanol–water partition coefficient (Wildman–Crippen LogP) is 3.78. The number of anilines is 1. The zero-order valence-corrected chi connectivity index (χ0v) is 16.4. The van der Waals surface area contributed by atoms with Gasteiger partial charge in [-0.2, -0.15) is 0 Å². The fourth-order valence-corrected chi connectivity index (χ4v) is 2.92. The second kappa shape index (κ2) is 8.21. The Morgan fingerprint density at radius 3 is 2.54 bits per heavy atom. The molecule has 28 heavy (non-hydrogen) atoms. The normalized spacial score (nSPS) is 13.4. The van der Waals surface area contributed by atoms with Gasteiger partial charge in [-0.3, -0.25) is 0 Å². The van der Waals surface area contributed by atoms with Gasteiger partial charge in [0.25, 0.3) is 0 Å². The van der Waals surface area contributed by atoms with Gasteiger partial charge in [-0.15, -0.1) is 0 Å². The van der Waals surface area contributed by atoms with E-state index in [-0.39, 0.29) is 12.1 Å². The molecular formula is C21H24N2O5. The van der Waals surface area contributed by atoms with Gasteiger partial charge >= 0.3 is 12.0 Å². The summed E-state index contributed by atoms with van der Waals surface area (Å²) in [5.41, 5.74) is 2.73. The highest BCUT2D eigenvalue weighted by atomic mass is 16.6. The van der Waals surface area contributed by atoms with E-state index in [9.17, 15) is 9.59 Å². The van der Waals surface area contributed by atoms with Gasteiger partial charge in [-0.25, -0.2) is 9.59 Å². The molecule has 1 aliphatic heterocycles. The standard InChI is InChI=1S/C21H24N2O5/c1-13-5-6-16(20(24)26-4)11-17(13)22-21(25)23(3)14(2)15-7-8-18-19(12-15)28-10-9-27-18/h5-8,11-12,14H,9-10H2,1-4H3,(H,22,25). The van der Waals surface area contributed by atoms with Crippen LogP contribution in [0.5, 0.6) is 11.5 Å². The van der Waals surface area contributed by atoms with Gasteiger partial charge in [0, 0.05) is 12.7 Å². The Kier molecular flexibility index (Phi) is 5.73. The van der Waals surface area contributed by atoms with Crippen molar-refractivity contribution in [1.82, 2.24) is 4.90 Å². The molecule has 0 saturated heterocycles. The van der Waals surface area contributed by atoms with E-state index in [0.29, 0.717) is 36.0 Å². The number of urea groups is 1. The summed E-state index contributed by atoms with van der Waals surface area (Å²) in [4.78, 5) is 26.1. The molecule has 0 aromatic heterocycles. The summed E-state index contributed by atoms with van der Waals surface area (Å²) >= 11 is 0. The third-order valence-electron chi connectivity index (χ3n) is 4.85. The van der Waals surface area contributed by atoms with Gasteiger partial charge in [-0.05, 0) is 49.2 Å². The van der Waals surface area contributed by atoms with Gasteiger partial charge in [0.15, 0.2) is 11.5 Å². The smallest absolute Gasteiger partial charge is 0.337 e. The first kappa shape index (κ1) is 19.5. The van der Waals surface area contributed by atoms with Crippen molar-refractivity contribution < 1.29 is 23.8 Å². The average molecular weight is 384 g/mol. The number of methoxy groups -OCH3 is 1. The van der Waals surface area contributed by atoms with Crippen LogP contribution in [-0.4, -0.2) is 44.3 Å². The molecule has 3 rings (SSSR count). The first-order valence-corrected chi connectivity index (χ1v) is 9.03. The Balaban J connectivity index is 1.75. The summed E-state index contributed by atoms with van der Waals surface area (Å²) in [7, 11) is 3.04. The Morgan fingerprint density at radius 2 is 1.82 bits per heavy atom. The van der Waals surface area contributed by atoms with Crippen LogP contribution in [0.25, 0.3) is 0 Å². The van der Waals surface area contributed by atoms with Crippen molar-refractivity contribution in [2.24, 2.45) is 0 Å². The number of rotatable bonds is 4. The Morgan fingerprint density at radius 1 is 1.11 bits per heavy atom. The minimum Gasteiger partial charge on any atom is -0.486 e. The highest BCUT2D eigenvalue weighted by Gasteiger charge is 2.21. The van der Waals surface area contributed by atoms with Crippen LogP contribution in [0.15, 0.2) is 36.4 Å². The lowest BCUT2D eigenvalue weighted by molar-refractivity contribution is 0.0600. The number of aryl methyl sites for hydroxylation is 1. The molecule has 2 amide bonds. The van der Waals surface area contributed by atoms with Crippen LogP contribution in [0, 0.1) is 6.92 Å². The highest BCUT2D eigenvalue weighted by molar-refractivity contribution is 5.94. The van der Waals surface area contributed by atoms with Crippen LogP contribution in [0.3, 0.4) is 0 Å². The Hall–Kier alpha value is -3.22. The van der Waals surface area contributed by atoms with Crippen molar-refractivity contribution in [3.63, 3.8) is 0 Å². The molecule has 0 aliphatic carbocycles. The van der Waals surface area contributed by atoms with Gasteiger partial charge in [0.2, 0.25) is 0 Å². The average Bonchev–Trinajstić information content (AvgIpc) is 2.73. The lowest BCUT2D eigenvalue weighted by atomic mass is 10.1. The molecule has 1 aliphatic rings. The summed E-state index contributed by atoms with van der Waals surface area (Å²) in [6.07, 6.45) is 0. The van der Waals surface area contributed by atoms with Crippen molar-refractivity contribution in [2.75, 3.05) is 32.7 Å². The van der Waals surface area contributed by atoms with E-state index in [1.807, 2.05) is 32.0 Å². The third kappa shape index (κ3) is 4.03. The van der Waals surface area contributed by atoms with E-state index < -0.39 is 5.97 Å². The molecular weight excluding hydrogens is 360 g/mol. The second-order valence-electron chi connectivity index (χ2n) is 6.64. The molecule has 2 aromatic rings. The van der Waals surface area contributed by atoms with Crippen LogP contribution < -0.4 is 14.8 Å². The van der Waals surface area contributed by atoms with Crippen LogP contribution in [0.1, 0.15) is 34.5 Å². The molecule has 1 unspecified atom stereocenters. The zero-order valence-electron chi connectivity index (χ0n) is 16.4. The molecule has 0 spiro atoms. The Labute approximate surface area is 164 Å². The third-order valence-corrected chi connectivity index (χ3v) is 4.85. The summed E-state index contributed by atoms with van der Waals surface area (Å²) in [5.74, 6) is 0.948. The topological polar surface area (TPSA) is 77.1 Å². The van der Waals surface area contributed by atoms with Gasteiger partial charge < -0.3 is 24.4 Å². The molecule has 0 radical (unpaired) electrons. The number of amides is 2. The first-order chi connectivity index (χ1) is 13.4. The summed E-state index contributed by atoms with van der Waals surface area (Å²) in [6, 6.07) is 10.2. The highest BCUT2D eigenvalue weighted by Crippen LogP contribution is 2.34. The lowest BCUT2D eigenvalue weighted by Crippen LogP contribution is -2.34. The molecule has 148 valence electrons. The van der Waals surface area contributed by atoms with Crippen molar-refractivity contribution in [3.05, 3.63) is 53.1 Å². The van der Waals surface area contributed by atoms with Crippen molar-refractivity contribution in [1.29, 1.82) is 0 Å². The summed E-state index contributed by atoms with van der Waals surface area (Å²) in [6.45, 7) is 4.84. The molecule has 0 saturated carbocycles. The first-order valence-electron chi connectivity index (χ1n) is 9.03. The van der Waals surface area contributed by atoms with E-state index >= 15 is 0 Å². The van der Waals surface area contributed by atoms with Crippen LogP contribution >= 0.6 is 0 Å². The van der Waals surface area contributed by atoms with Crippen LogP contribution in [-0.2, 0) is 4.74 Å². The maximum atomic E-state index is 12.8. The molecule has 0 fully saturated rings. The number of fused-ring (bicyclic) bond motifs is 1. The number of carbonyl (C=O) groups is 2. The molecule has 2 aromatic carbocycles. The van der Waals surface area contributed by atoms with Crippen molar-refractivity contribution in [3.8, 4) is 11.5 Å². The quantitative estimate of drug-likeness (QED) is 0.812. The fourth-order valence-electron chi connectivity index (χ4n) is 2.92. The number of ether oxygens (including phenoxy) is 3. The number of nitrogens with zero attached hydrogens (tertiary/aromatic N) is 1. The fraction of sp³-hybridized carbons (Fsp3) is 0.333. The van der Waals surface area contributed by atoms with Crippen LogP contribution in [0.4, 0.5) is 10.5 Å². The van der Waals surface area contributed by atoms with Gasteiger partial charge in [0.1, 0.15) is 13.2 Å². The maximum absolute atomic E-state index is 12.8. The number of hydrogen-bond donors (Lipinski definition) is 1. The number of hydrogen-bond acceptors (Lipinski definition) is 5. The predicted molar refractivity (Wildman–Crippen MR) is 105 cm³/mol. The molecule has 1 N–H and O–H groups in total. The minimum absolute atomic E-state index is 0.195. The van der Waals surface area contributed by atoms with Crippen molar-refractivity contribution in [2.45, 2.75) is 19.9 Å².